The van der Waals surface area contributed by atoms with E-state index in [9.17, 15) is 4.79 Å². The Kier molecular flexibility index (Phi) is 2.93. The van der Waals surface area contributed by atoms with Crippen LogP contribution in [0.15, 0.2) is 11.6 Å². The molecule has 3 heteroatoms. The molecule has 16 heavy (non-hydrogen) atoms. The van der Waals surface area contributed by atoms with E-state index in [0.29, 0.717) is 0 Å². The SMILES string of the molecule is CC1=CC[C@H]2O[C@]1(C)O[C@H]([C@H](C)C=O)[C@H]2C. The number of aldehydes is 1. The Bertz CT molecular complexity index is 323. The molecule has 0 unspecified atom stereocenters. The van der Waals surface area contributed by atoms with E-state index in [1.165, 1.54) is 0 Å². The summed E-state index contributed by atoms with van der Waals surface area (Å²) in [5.41, 5.74) is 1.11. The van der Waals surface area contributed by atoms with E-state index >= 15 is 0 Å². The summed E-state index contributed by atoms with van der Waals surface area (Å²) in [7, 11) is 0. The molecule has 0 radical (unpaired) electrons. The second-order valence-electron chi connectivity index (χ2n) is 5.16. The molecule has 2 aliphatic rings. The van der Waals surface area contributed by atoms with Gasteiger partial charge in [0.2, 0.25) is 0 Å². The molecule has 1 fully saturated rings. The number of carbonyl (C=O) groups is 1. The molecular weight excluding hydrogens is 204 g/mol. The highest BCUT2D eigenvalue weighted by Gasteiger charge is 2.47. The summed E-state index contributed by atoms with van der Waals surface area (Å²) in [5.74, 6) is -0.443. The van der Waals surface area contributed by atoms with Crippen molar-refractivity contribution in [3.05, 3.63) is 11.6 Å². The number of fused-ring (bicyclic) bond motifs is 2. The van der Waals surface area contributed by atoms with Gasteiger partial charge in [0.05, 0.1) is 12.2 Å². The minimum absolute atomic E-state index is 0.0371. The van der Waals surface area contributed by atoms with Gasteiger partial charge in [-0.15, -0.1) is 0 Å². The van der Waals surface area contributed by atoms with E-state index in [-0.39, 0.29) is 24.0 Å². The van der Waals surface area contributed by atoms with Crippen molar-refractivity contribution in [3.8, 4) is 0 Å². The summed E-state index contributed by atoms with van der Waals surface area (Å²) >= 11 is 0. The first kappa shape index (κ1) is 11.8. The number of hydrogen-bond donors (Lipinski definition) is 0. The maximum absolute atomic E-state index is 10.9. The third kappa shape index (κ3) is 1.72. The average molecular weight is 224 g/mol. The van der Waals surface area contributed by atoms with Crippen LogP contribution >= 0.6 is 0 Å². The van der Waals surface area contributed by atoms with E-state index in [1.54, 1.807) is 0 Å². The molecular formula is C13H20O3. The van der Waals surface area contributed by atoms with Gasteiger partial charge in [0.15, 0.2) is 5.79 Å². The summed E-state index contributed by atoms with van der Waals surface area (Å²) in [5, 5.41) is 0. The maximum Gasteiger partial charge on any atom is 0.188 e. The Morgan fingerprint density at radius 3 is 2.88 bits per heavy atom. The van der Waals surface area contributed by atoms with Crippen LogP contribution in [0.25, 0.3) is 0 Å². The highest BCUT2D eigenvalue weighted by atomic mass is 16.7. The molecule has 0 saturated carbocycles. The zero-order valence-corrected chi connectivity index (χ0v) is 10.4. The normalized spacial score (nSPS) is 44.8. The third-order valence-electron chi connectivity index (χ3n) is 3.95. The minimum atomic E-state index is -0.628. The molecule has 0 aromatic rings. The topological polar surface area (TPSA) is 35.5 Å². The van der Waals surface area contributed by atoms with Gasteiger partial charge in [0.25, 0.3) is 0 Å². The Hall–Kier alpha value is -0.670. The second kappa shape index (κ2) is 3.97. The fourth-order valence-electron chi connectivity index (χ4n) is 2.59. The van der Waals surface area contributed by atoms with Crippen LogP contribution in [-0.2, 0) is 14.3 Å². The molecule has 2 rings (SSSR count). The molecule has 2 bridgehead atoms. The van der Waals surface area contributed by atoms with Gasteiger partial charge in [-0.2, -0.15) is 0 Å². The zero-order chi connectivity index (χ0) is 11.9. The lowest BCUT2D eigenvalue weighted by Gasteiger charge is -2.50. The smallest absolute Gasteiger partial charge is 0.188 e. The van der Waals surface area contributed by atoms with E-state index in [1.807, 2.05) is 20.8 Å². The molecule has 2 aliphatic heterocycles. The van der Waals surface area contributed by atoms with Gasteiger partial charge in [-0.1, -0.05) is 19.9 Å². The molecule has 3 nitrogen and oxygen atoms in total. The molecule has 0 aromatic carbocycles. The van der Waals surface area contributed by atoms with Crippen LogP contribution in [-0.4, -0.2) is 24.3 Å². The predicted molar refractivity (Wildman–Crippen MR) is 60.9 cm³/mol. The molecule has 0 aliphatic carbocycles. The number of rotatable bonds is 2. The molecule has 0 amide bonds. The van der Waals surface area contributed by atoms with Crippen molar-refractivity contribution in [3.63, 3.8) is 0 Å². The lowest BCUT2D eigenvalue weighted by atomic mass is 9.83. The quantitative estimate of drug-likeness (QED) is 0.533. The highest BCUT2D eigenvalue weighted by molar-refractivity contribution is 5.54. The maximum atomic E-state index is 10.9. The van der Waals surface area contributed by atoms with Crippen LogP contribution in [0.1, 0.15) is 34.1 Å². The Labute approximate surface area is 96.8 Å². The predicted octanol–water partition coefficient (Wildman–Crippen LogP) is 2.31. The summed E-state index contributed by atoms with van der Waals surface area (Å²) in [6.45, 7) is 7.98. The molecule has 2 heterocycles. The summed E-state index contributed by atoms with van der Waals surface area (Å²) in [4.78, 5) is 10.9. The first-order chi connectivity index (χ1) is 7.48. The van der Waals surface area contributed by atoms with Gasteiger partial charge in [-0.25, -0.2) is 0 Å². The molecule has 0 aromatic heterocycles. The summed E-state index contributed by atoms with van der Waals surface area (Å²) in [6, 6.07) is 0. The third-order valence-corrected chi connectivity index (χ3v) is 3.95. The van der Waals surface area contributed by atoms with Gasteiger partial charge in [-0.05, 0) is 25.8 Å². The Balaban J connectivity index is 2.28. The van der Waals surface area contributed by atoms with E-state index in [2.05, 4.69) is 13.0 Å². The van der Waals surface area contributed by atoms with Crippen LogP contribution in [0.3, 0.4) is 0 Å². The van der Waals surface area contributed by atoms with Crippen molar-refractivity contribution in [1.29, 1.82) is 0 Å². The molecule has 5 atom stereocenters. The van der Waals surface area contributed by atoms with Gasteiger partial charge in [0, 0.05) is 11.8 Å². The van der Waals surface area contributed by atoms with Crippen molar-refractivity contribution in [2.75, 3.05) is 0 Å². The van der Waals surface area contributed by atoms with Gasteiger partial charge in [0.1, 0.15) is 6.29 Å². The fraction of sp³-hybridized carbons (Fsp3) is 0.769. The minimum Gasteiger partial charge on any atom is -0.342 e. The van der Waals surface area contributed by atoms with E-state index < -0.39 is 5.79 Å². The first-order valence-electron chi connectivity index (χ1n) is 5.96. The van der Waals surface area contributed by atoms with Crippen molar-refractivity contribution in [1.82, 2.24) is 0 Å². The average Bonchev–Trinajstić information content (AvgIpc) is 2.27. The van der Waals surface area contributed by atoms with Crippen molar-refractivity contribution < 1.29 is 14.3 Å². The van der Waals surface area contributed by atoms with Gasteiger partial charge in [-0.3, -0.25) is 0 Å². The molecule has 90 valence electrons. The standard InChI is InChI=1S/C13H20O3/c1-8(7-14)12-10(3)11-6-5-9(2)13(4,15-11)16-12/h5,7-8,10-12H,6H2,1-4H3/t8-,10+,11-,12-,13-/m1/s1. The lowest BCUT2D eigenvalue weighted by molar-refractivity contribution is -0.318. The van der Waals surface area contributed by atoms with E-state index in [4.69, 9.17) is 9.47 Å². The highest BCUT2D eigenvalue weighted by Crippen LogP contribution is 2.42. The zero-order valence-electron chi connectivity index (χ0n) is 10.4. The van der Waals surface area contributed by atoms with Crippen molar-refractivity contribution in [2.45, 2.75) is 52.1 Å². The molecule has 1 saturated heterocycles. The first-order valence-corrected chi connectivity index (χ1v) is 5.96. The Morgan fingerprint density at radius 1 is 1.56 bits per heavy atom. The fourth-order valence-corrected chi connectivity index (χ4v) is 2.59. The van der Waals surface area contributed by atoms with Crippen LogP contribution < -0.4 is 0 Å². The molecule has 0 spiro atoms. The van der Waals surface area contributed by atoms with Crippen LogP contribution in [0.5, 0.6) is 0 Å². The Morgan fingerprint density at radius 2 is 2.25 bits per heavy atom. The largest absolute Gasteiger partial charge is 0.342 e. The summed E-state index contributed by atoms with van der Waals surface area (Å²) in [6.07, 6.45) is 4.23. The van der Waals surface area contributed by atoms with E-state index in [0.717, 1.165) is 18.3 Å². The van der Waals surface area contributed by atoms with Gasteiger partial charge < -0.3 is 14.3 Å². The lowest BCUT2D eigenvalue weighted by Crippen LogP contribution is -2.55. The summed E-state index contributed by atoms with van der Waals surface area (Å²) < 4.78 is 12.0. The number of carbonyl (C=O) groups excluding carboxylic acids is 1. The van der Waals surface area contributed by atoms with Gasteiger partial charge >= 0.3 is 0 Å². The number of hydrogen-bond acceptors (Lipinski definition) is 3. The molecule has 0 N–H and O–H groups in total. The van der Waals surface area contributed by atoms with Crippen LogP contribution in [0, 0.1) is 11.8 Å². The monoisotopic (exact) mass is 224 g/mol. The van der Waals surface area contributed by atoms with Crippen molar-refractivity contribution in [2.24, 2.45) is 11.8 Å². The van der Waals surface area contributed by atoms with Crippen molar-refractivity contribution >= 4 is 6.29 Å². The second-order valence-corrected chi connectivity index (χ2v) is 5.16. The number of ether oxygens (including phenoxy) is 2. The van der Waals surface area contributed by atoms with Crippen LogP contribution in [0.2, 0.25) is 0 Å². The van der Waals surface area contributed by atoms with Crippen LogP contribution in [0.4, 0.5) is 0 Å².